The Morgan fingerprint density at radius 3 is 2.62 bits per heavy atom. The number of anilines is 1. The van der Waals surface area contributed by atoms with Crippen molar-refractivity contribution in [1.82, 2.24) is 4.98 Å². The molecule has 26 heavy (non-hydrogen) atoms. The van der Waals surface area contributed by atoms with E-state index in [2.05, 4.69) is 10.3 Å². The van der Waals surface area contributed by atoms with Gasteiger partial charge in [0.1, 0.15) is 0 Å². The van der Waals surface area contributed by atoms with Gasteiger partial charge in [-0.3, -0.25) is 4.79 Å². The zero-order valence-corrected chi connectivity index (χ0v) is 16.1. The van der Waals surface area contributed by atoms with Crippen LogP contribution in [0.25, 0.3) is 10.2 Å². The lowest BCUT2D eigenvalue weighted by Crippen LogP contribution is -2.15. The summed E-state index contributed by atoms with van der Waals surface area (Å²) in [5, 5.41) is 3.74. The largest absolute Gasteiger partial charge is 0.325 e. The average Bonchev–Trinajstić information content (AvgIpc) is 3.04. The van der Waals surface area contributed by atoms with Crippen molar-refractivity contribution in [2.45, 2.75) is 31.1 Å². The summed E-state index contributed by atoms with van der Waals surface area (Å²) in [4.78, 5) is 16.9. The molecule has 7 heteroatoms. The minimum atomic E-state index is -3.38. The fourth-order valence-electron chi connectivity index (χ4n) is 2.64. The fraction of sp³-hybridized carbons (Fsp3) is 0.263. The van der Waals surface area contributed by atoms with E-state index in [1.165, 1.54) is 6.07 Å². The minimum Gasteiger partial charge on any atom is -0.325 e. The Labute approximate surface area is 157 Å². The molecule has 0 aliphatic rings. The molecule has 0 spiro atoms. The van der Waals surface area contributed by atoms with Gasteiger partial charge in [0.05, 0.1) is 31.6 Å². The second-order valence-corrected chi connectivity index (χ2v) is 9.24. The summed E-state index contributed by atoms with van der Waals surface area (Å²) in [6.07, 6.45) is 1.70. The Hall–Kier alpha value is -2.25. The minimum absolute atomic E-state index is 0.00249. The van der Waals surface area contributed by atoms with Crippen molar-refractivity contribution in [3.05, 3.63) is 53.5 Å². The maximum atomic E-state index is 12.2. The van der Waals surface area contributed by atoms with Gasteiger partial charge in [0.15, 0.2) is 9.84 Å². The molecule has 1 heterocycles. The molecule has 3 rings (SSSR count). The number of sulfone groups is 1. The molecule has 2 aromatic carbocycles. The zero-order valence-electron chi connectivity index (χ0n) is 14.4. The SMILES string of the molecule is CCS(=O)(=O)c1ccccc1NC(=O)CCCc1nc2ccccc2s1. The molecule has 136 valence electrons. The number of amides is 1. The van der Waals surface area contributed by atoms with Crippen LogP contribution >= 0.6 is 11.3 Å². The summed E-state index contributed by atoms with van der Waals surface area (Å²) in [6.45, 7) is 1.59. The van der Waals surface area contributed by atoms with E-state index < -0.39 is 9.84 Å². The van der Waals surface area contributed by atoms with Gasteiger partial charge in [-0.1, -0.05) is 31.2 Å². The summed E-state index contributed by atoms with van der Waals surface area (Å²) in [6, 6.07) is 14.5. The van der Waals surface area contributed by atoms with Crippen molar-refractivity contribution in [3.63, 3.8) is 0 Å². The van der Waals surface area contributed by atoms with E-state index in [9.17, 15) is 13.2 Å². The number of aromatic nitrogens is 1. The number of fused-ring (bicyclic) bond motifs is 1. The number of hydrogen-bond donors (Lipinski definition) is 1. The lowest BCUT2D eigenvalue weighted by atomic mass is 10.2. The Balaban J connectivity index is 1.60. The van der Waals surface area contributed by atoms with Crippen LogP contribution in [0.3, 0.4) is 0 Å². The molecular weight excluding hydrogens is 368 g/mol. The Kier molecular flexibility index (Phi) is 5.68. The van der Waals surface area contributed by atoms with Crippen LogP contribution in [0, 0.1) is 0 Å². The van der Waals surface area contributed by atoms with Crippen LogP contribution in [0.4, 0.5) is 5.69 Å². The maximum Gasteiger partial charge on any atom is 0.224 e. The van der Waals surface area contributed by atoms with Crippen LogP contribution in [0.15, 0.2) is 53.4 Å². The van der Waals surface area contributed by atoms with Gasteiger partial charge in [0, 0.05) is 6.42 Å². The fourth-order valence-corrected chi connectivity index (χ4v) is 4.70. The van der Waals surface area contributed by atoms with E-state index in [1.807, 2.05) is 24.3 Å². The second-order valence-electron chi connectivity index (χ2n) is 5.88. The molecule has 0 aliphatic carbocycles. The Morgan fingerprint density at radius 1 is 1.12 bits per heavy atom. The third-order valence-electron chi connectivity index (χ3n) is 4.01. The molecule has 0 saturated heterocycles. The molecule has 0 aliphatic heterocycles. The highest BCUT2D eigenvalue weighted by Gasteiger charge is 2.17. The Morgan fingerprint density at radius 2 is 1.85 bits per heavy atom. The lowest BCUT2D eigenvalue weighted by molar-refractivity contribution is -0.116. The van der Waals surface area contributed by atoms with Gasteiger partial charge in [-0.25, -0.2) is 13.4 Å². The van der Waals surface area contributed by atoms with Crippen molar-refractivity contribution in [2.24, 2.45) is 0 Å². The first kappa shape index (κ1) is 18.5. The number of nitrogens with zero attached hydrogens (tertiary/aromatic N) is 1. The highest BCUT2D eigenvalue weighted by atomic mass is 32.2. The molecule has 0 bridgehead atoms. The predicted molar refractivity (Wildman–Crippen MR) is 105 cm³/mol. The number of para-hydroxylation sites is 2. The summed E-state index contributed by atoms with van der Waals surface area (Å²) < 4.78 is 25.4. The van der Waals surface area contributed by atoms with Crippen molar-refractivity contribution < 1.29 is 13.2 Å². The normalized spacial score (nSPS) is 11.6. The molecule has 1 amide bonds. The summed E-state index contributed by atoms with van der Waals surface area (Å²) in [7, 11) is -3.38. The lowest BCUT2D eigenvalue weighted by Gasteiger charge is -2.10. The first-order valence-electron chi connectivity index (χ1n) is 8.45. The quantitative estimate of drug-likeness (QED) is 0.662. The smallest absolute Gasteiger partial charge is 0.224 e. The molecule has 1 N–H and O–H groups in total. The van der Waals surface area contributed by atoms with E-state index in [0.29, 0.717) is 18.5 Å². The van der Waals surface area contributed by atoms with Gasteiger partial charge >= 0.3 is 0 Å². The number of thiazole rings is 1. The monoisotopic (exact) mass is 388 g/mol. The number of benzene rings is 2. The predicted octanol–water partition coefficient (Wildman–Crippen LogP) is 4.05. The van der Waals surface area contributed by atoms with Crippen LogP contribution in [0.1, 0.15) is 24.8 Å². The van der Waals surface area contributed by atoms with Crippen molar-refractivity contribution >= 4 is 43.0 Å². The van der Waals surface area contributed by atoms with Gasteiger partial charge in [-0.05, 0) is 37.1 Å². The highest BCUT2D eigenvalue weighted by molar-refractivity contribution is 7.91. The van der Waals surface area contributed by atoms with Crippen molar-refractivity contribution in [1.29, 1.82) is 0 Å². The first-order valence-corrected chi connectivity index (χ1v) is 10.9. The van der Waals surface area contributed by atoms with Gasteiger partial charge in [-0.15, -0.1) is 11.3 Å². The molecule has 0 unspecified atom stereocenters. The number of aryl methyl sites for hydroxylation is 1. The third-order valence-corrected chi connectivity index (χ3v) is 6.89. The topological polar surface area (TPSA) is 76.1 Å². The van der Waals surface area contributed by atoms with Gasteiger partial charge in [-0.2, -0.15) is 0 Å². The number of carbonyl (C=O) groups excluding carboxylic acids is 1. The standard InChI is InChI=1S/C19H20N2O3S2/c1-2-26(23,24)17-11-6-4-9-15(17)20-18(22)12-7-13-19-21-14-8-3-5-10-16(14)25-19/h3-6,8-11H,2,7,12-13H2,1H3,(H,20,22). The van der Waals surface area contributed by atoms with E-state index in [0.717, 1.165) is 21.6 Å². The van der Waals surface area contributed by atoms with E-state index >= 15 is 0 Å². The van der Waals surface area contributed by atoms with Gasteiger partial charge in [0.25, 0.3) is 0 Å². The molecule has 0 saturated carbocycles. The van der Waals surface area contributed by atoms with Gasteiger partial charge < -0.3 is 5.32 Å². The van der Waals surface area contributed by atoms with E-state index in [4.69, 9.17) is 0 Å². The summed E-state index contributed by atoms with van der Waals surface area (Å²) in [5.74, 6) is -0.192. The van der Waals surface area contributed by atoms with Crippen LogP contribution in [-0.2, 0) is 21.1 Å². The van der Waals surface area contributed by atoms with Crippen LogP contribution in [0.2, 0.25) is 0 Å². The average molecular weight is 389 g/mol. The molecular formula is C19H20N2O3S2. The number of hydrogen-bond acceptors (Lipinski definition) is 5. The maximum absolute atomic E-state index is 12.2. The Bertz CT molecular complexity index is 993. The van der Waals surface area contributed by atoms with Crippen molar-refractivity contribution in [3.8, 4) is 0 Å². The number of rotatable bonds is 7. The molecule has 0 radical (unpaired) electrons. The third kappa shape index (κ3) is 4.28. The number of carbonyl (C=O) groups is 1. The molecule has 3 aromatic rings. The van der Waals surface area contributed by atoms with Crippen molar-refractivity contribution in [2.75, 3.05) is 11.1 Å². The van der Waals surface area contributed by atoms with E-state index in [1.54, 1.807) is 36.5 Å². The second kappa shape index (κ2) is 7.97. The molecule has 5 nitrogen and oxygen atoms in total. The molecule has 0 fully saturated rings. The summed E-state index contributed by atoms with van der Waals surface area (Å²) in [5.41, 5.74) is 1.33. The molecule has 0 atom stereocenters. The first-order chi connectivity index (χ1) is 12.5. The van der Waals surface area contributed by atoms with E-state index in [-0.39, 0.29) is 16.6 Å². The number of nitrogens with one attached hydrogen (secondary N) is 1. The zero-order chi connectivity index (χ0) is 18.6. The highest BCUT2D eigenvalue weighted by Crippen LogP contribution is 2.24. The van der Waals surface area contributed by atoms with Crippen LogP contribution in [-0.4, -0.2) is 25.1 Å². The van der Waals surface area contributed by atoms with Gasteiger partial charge in [0.2, 0.25) is 5.91 Å². The van der Waals surface area contributed by atoms with Crippen LogP contribution in [0.5, 0.6) is 0 Å². The molecule has 1 aromatic heterocycles. The van der Waals surface area contributed by atoms with Crippen LogP contribution < -0.4 is 5.32 Å². The summed E-state index contributed by atoms with van der Waals surface area (Å²) >= 11 is 1.64.